The number of ether oxygens (including phenoxy) is 1. The zero-order valence-corrected chi connectivity index (χ0v) is 17.0. The number of sulfonamides is 1. The summed E-state index contributed by atoms with van der Waals surface area (Å²) in [6.07, 6.45) is 6.66. The van der Waals surface area contributed by atoms with Crippen LogP contribution in [0.25, 0.3) is 5.82 Å². The zero-order valence-electron chi connectivity index (χ0n) is 16.2. The Bertz CT molecular complexity index is 1120. The zero-order chi connectivity index (χ0) is 21.1. The van der Waals surface area contributed by atoms with Gasteiger partial charge < -0.3 is 14.1 Å². The van der Waals surface area contributed by atoms with E-state index in [0.29, 0.717) is 24.7 Å². The van der Waals surface area contributed by atoms with Crippen molar-refractivity contribution in [2.75, 3.05) is 37.7 Å². The van der Waals surface area contributed by atoms with E-state index in [1.807, 2.05) is 4.90 Å². The van der Waals surface area contributed by atoms with Crippen LogP contribution in [0.15, 0.2) is 52.5 Å². The second-order valence-electron chi connectivity index (χ2n) is 6.42. The van der Waals surface area contributed by atoms with Gasteiger partial charge in [0.1, 0.15) is 5.82 Å². The van der Waals surface area contributed by atoms with Gasteiger partial charge >= 0.3 is 5.97 Å². The average molecular weight is 432 g/mol. The molecule has 3 aromatic heterocycles. The van der Waals surface area contributed by atoms with Crippen molar-refractivity contribution in [3.63, 3.8) is 0 Å². The summed E-state index contributed by atoms with van der Waals surface area (Å²) in [5.74, 6) is 0.386. The molecular weight excluding hydrogens is 412 g/mol. The maximum Gasteiger partial charge on any atom is 0.374 e. The van der Waals surface area contributed by atoms with Gasteiger partial charge in [-0.15, -0.1) is 0 Å². The number of nitrogens with zero attached hydrogens (tertiary/aromatic N) is 6. The van der Waals surface area contributed by atoms with Crippen molar-refractivity contribution >= 4 is 21.8 Å². The van der Waals surface area contributed by atoms with E-state index in [0.717, 1.165) is 0 Å². The van der Waals surface area contributed by atoms with Crippen molar-refractivity contribution in [1.29, 1.82) is 0 Å². The maximum atomic E-state index is 12.9. The fourth-order valence-corrected chi connectivity index (χ4v) is 4.40. The van der Waals surface area contributed by atoms with Gasteiger partial charge in [0.25, 0.3) is 10.0 Å². The van der Waals surface area contributed by atoms with Gasteiger partial charge in [-0.3, -0.25) is 4.98 Å². The Labute approximate surface area is 172 Å². The summed E-state index contributed by atoms with van der Waals surface area (Å²) >= 11 is 0. The van der Waals surface area contributed by atoms with E-state index in [-0.39, 0.29) is 30.5 Å². The lowest BCUT2D eigenvalue weighted by Gasteiger charge is -2.34. The highest BCUT2D eigenvalue weighted by molar-refractivity contribution is 7.89. The van der Waals surface area contributed by atoms with Gasteiger partial charge in [-0.25, -0.2) is 22.9 Å². The van der Waals surface area contributed by atoms with Crippen LogP contribution in [0, 0.1) is 0 Å². The van der Waals surface area contributed by atoms with Gasteiger partial charge in [0.2, 0.25) is 10.9 Å². The van der Waals surface area contributed by atoms with Crippen LogP contribution in [0.5, 0.6) is 0 Å². The summed E-state index contributed by atoms with van der Waals surface area (Å²) in [6, 6.07) is 4.37. The highest BCUT2D eigenvalue weighted by Gasteiger charge is 2.32. The molecule has 12 heteroatoms. The smallest absolute Gasteiger partial charge is 0.374 e. The van der Waals surface area contributed by atoms with Crippen molar-refractivity contribution in [2.45, 2.75) is 12.0 Å². The van der Waals surface area contributed by atoms with E-state index in [4.69, 9.17) is 9.15 Å². The number of piperazine rings is 1. The van der Waals surface area contributed by atoms with Gasteiger partial charge in [-0.1, -0.05) is 0 Å². The van der Waals surface area contributed by atoms with Gasteiger partial charge in [0.15, 0.2) is 5.82 Å². The maximum absolute atomic E-state index is 12.9. The quantitative estimate of drug-likeness (QED) is 0.523. The molecule has 0 unspecified atom stereocenters. The molecule has 1 fully saturated rings. The minimum atomic E-state index is -3.86. The van der Waals surface area contributed by atoms with Gasteiger partial charge in [-0.2, -0.15) is 9.40 Å². The minimum Gasteiger partial charge on any atom is -0.460 e. The summed E-state index contributed by atoms with van der Waals surface area (Å²) in [6.45, 7) is 3.18. The SMILES string of the molecule is CCOC(=O)c1ccc(S(=O)(=O)N2CCN(c3cncc(-n4cccn4)n3)CC2)o1. The molecule has 0 aromatic carbocycles. The third-order valence-corrected chi connectivity index (χ3v) is 6.34. The second-order valence-corrected chi connectivity index (χ2v) is 8.29. The van der Waals surface area contributed by atoms with Crippen LogP contribution in [-0.4, -0.2) is 71.2 Å². The van der Waals surface area contributed by atoms with Crippen LogP contribution in [0.4, 0.5) is 5.82 Å². The first-order valence-electron chi connectivity index (χ1n) is 9.33. The Morgan fingerprint density at radius 3 is 2.63 bits per heavy atom. The first-order chi connectivity index (χ1) is 14.5. The van der Waals surface area contributed by atoms with E-state index in [1.54, 1.807) is 42.5 Å². The van der Waals surface area contributed by atoms with Gasteiger partial charge in [0.05, 0.1) is 19.0 Å². The molecule has 1 aliphatic heterocycles. The summed E-state index contributed by atoms with van der Waals surface area (Å²) < 4.78 is 38.7. The normalized spacial score (nSPS) is 15.3. The number of rotatable bonds is 6. The molecule has 0 amide bonds. The van der Waals surface area contributed by atoms with Crippen LogP contribution in [0.1, 0.15) is 17.5 Å². The molecule has 4 heterocycles. The number of esters is 1. The Morgan fingerprint density at radius 1 is 1.17 bits per heavy atom. The molecule has 0 saturated carbocycles. The van der Waals surface area contributed by atoms with Crippen molar-refractivity contribution in [2.24, 2.45) is 0 Å². The van der Waals surface area contributed by atoms with E-state index in [2.05, 4.69) is 15.1 Å². The number of aromatic nitrogens is 4. The largest absolute Gasteiger partial charge is 0.460 e. The highest BCUT2D eigenvalue weighted by atomic mass is 32.2. The van der Waals surface area contributed by atoms with Crippen LogP contribution in [-0.2, 0) is 14.8 Å². The topological polar surface area (TPSA) is 124 Å². The summed E-state index contributed by atoms with van der Waals surface area (Å²) in [5, 5.41) is 3.86. The predicted molar refractivity (Wildman–Crippen MR) is 105 cm³/mol. The summed E-state index contributed by atoms with van der Waals surface area (Å²) in [7, 11) is -3.86. The van der Waals surface area contributed by atoms with Crippen LogP contribution >= 0.6 is 0 Å². The fraction of sp³-hybridized carbons (Fsp3) is 0.333. The minimum absolute atomic E-state index is 0.139. The molecule has 4 rings (SSSR count). The molecule has 0 atom stereocenters. The number of hydrogen-bond acceptors (Lipinski definition) is 9. The van der Waals surface area contributed by atoms with Crippen molar-refractivity contribution in [3.05, 3.63) is 48.7 Å². The summed E-state index contributed by atoms with van der Waals surface area (Å²) in [5.41, 5.74) is 0. The number of furan rings is 1. The standard InChI is InChI=1S/C18H20N6O5S/c1-2-28-18(25)14-4-5-17(29-14)30(26,27)23-10-8-22(9-11-23)15-12-19-13-16(21-15)24-7-3-6-20-24/h3-7,12-13H,2,8-11H2,1H3. The molecule has 0 spiro atoms. The molecule has 0 N–H and O–H groups in total. The van der Waals surface area contributed by atoms with Crippen molar-refractivity contribution in [3.8, 4) is 5.82 Å². The molecule has 0 aliphatic carbocycles. The molecule has 0 bridgehead atoms. The van der Waals surface area contributed by atoms with Crippen LogP contribution in [0.2, 0.25) is 0 Å². The Balaban J connectivity index is 1.44. The molecular formula is C18H20N6O5S. The number of hydrogen-bond donors (Lipinski definition) is 0. The van der Waals surface area contributed by atoms with Crippen LogP contribution < -0.4 is 4.90 Å². The lowest BCUT2D eigenvalue weighted by Crippen LogP contribution is -2.48. The van der Waals surface area contributed by atoms with E-state index < -0.39 is 16.0 Å². The monoisotopic (exact) mass is 432 g/mol. The highest BCUT2D eigenvalue weighted by Crippen LogP contribution is 2.22. The average Bonchev–Trinajstić information content (AvgIpc) is 3.47. The molecule has 1 aliphatic rings. The third kappa shape index (κ3) is 3.91. The molecule has 3 aromatic rings. The molecule has 30 heavy (non-hydrogen) atoms. The van der Waals surface area contributed by atoms with Crippen LogP contribution in [0.3, 0.4) is 0 Å². The number of carbonyl (C=O) groups is 1. The third-order valence-electron chi connectivity index (χ3n) is 4.56. The molecule has 0 radical (unpaired) electrons. The summed E-state index contributed by atoms with van der Waals surface area (Å²) in [4.78, 5) is 22.4. The first kappa shape index (κ1) is 20.0. The van der Waals surface area contributed by atoms with Gasteiger partial charge in [-0.05, 0) is 25.1 Å². The predicted octanol–water partition coefficient (Wildman–Crippen LogP) is 0.943. The van der Waals surface area contributed by atoms with E-state index in [1.165, 1.54) is 16.4 Å². The Kier molecular flexibility index (Phi) is 5.50. The molecule has 158 valence electrons. The van der Waals surface area contributed by atoms with E-state index in [9.17, 15) is 13.2 Å². The van der Waals surface area contributed by atoms with E-state index >= 15 is 0 Å². The Morgan fingerprint density at radius 2 is 1.93 bits per heavy atom. The Hall–Kier alpha value is -3.25. The second kappa shape index (κ2) is 8.24. The van der Waals surface area contributed by atoms with Gasteiger partial charge in [0, 0.05) is 38.6 Å². The lowest BCUT2D eigenvalue weighted by atomic mass is 10.3. The first-order valence-corrected chi connectivity index (χ1v) is 10.8. The number of carbonyl (C=O) groups excluding carboxylic acids is 1. The molecule has 11 nitrogen and oxygen atoms in total. The molecule has 1 saturated heterocycles. The number of anilines is 1. The van der Waals surface area contributed by atoms with Crippen molar-refractivity contribution in [1.82, 2.24) is 24.1 Å². The fourth-order valence-electron chi connectivity index (χ4n) is 3.07. The lowest BCUT2D eigenvalue weighted by molar-refractivity contribution is 0.0483. The van der Waals surface area contributed by atoms with Crippen molar-refractivity contribution < 1.29 is 22.4 Å².